The minimum absolute atomic E-state index is 0.0606. The second-order valence-corrected chi connectivity index (χ2v) is 6.75. The van der Waals surface area contributed by atoms with Crippen LogP contribution >= 0.6 is 0 Å². The molecule has 0 aliphatic heterocycles. The molecule has 0 aliphatic rings. The maximum atomic E-state index is 12.5. The Morgan fingerprint density at radius 1 is 1.07 bits per heavy atom. The maximum absolute atomic E-state index is 12.5. The minimum atomic E-state index is -0.487. The van der Waals surface area contributed by atoms with Gasteiger partial charge in [0.15, 0.2) is 6.61 Å². The van der Waals surface area contributed by atoms with Crippen LogP contribution in [-0.2, 0) is 9.59 Å². The maximum Gasteiger partial charge on any atom is 0.259 e. The van der Waals surface area contributed by atoms with E-state index in [1.54, 1.807) is 21.0 Å². The van der Waals surface area contributed by atoms with Gasteiger partial charge in [-0.1, -0.05) is 24.3 Å². The third-order valence-corrected chi connectivity index (χ3v) is 4.16. The fourth-order valence-corrected chi connectivity index (χ4v) is 2.39. The summed E-state index contributed by atoms with van der Waals surface area (Å²) in [6, 6.07) is 12.8. The average molecular weight is 369 g/mol. The van der Waals surface area contributed by atoms with E-state index in [9.17, 15) is 9.59 Å². The number of anilines is 2. The second-order valence-electron chi connectivity index (χ2n) is 6.75. The zero-order valence-electron chi connectivity index (χ0n) is 16.5. The van der Waals surface area contributed by atoms with Gasteiger partial charge in [-0.3, -0.25) is 9.59 Å². The topological polar surface area (TPSA) is 70.7 Å². The molecule has 6 heteroatoms. The number of hydrogen-bond acceptors (Lipinski definition) is 4. The molecule has 0 fully saturated rings. The van der Waals surface area contributed by atoms with Crippen LogP contribution in [0.25, 0.3) is 0 Å². The molecule has 2 aromatic carbocycles. The molecule has 0 saturated heterocycles. The number of nitrogens with zero attached hydrogens (tertiary/aromatic N) is 1. The summed E-state index contributed by atoms with van der Waals surface area (Å²) in [6.45, 7) is 5.61. The van der Waals surface area contributed by atoms with E-state index in [1.807, 2.05) is 56.3 Å². The molecule has 1 atom stereocenters. The van der Waals surface area contributed by atoms with Crippen molar-refractivity contribution in [2.45, 2.75) is 26.8 Å². The molecule has 0 saturated carbocycles. The van der Waals surface area contributed by atoms with Crippen LogP contribution in [-0.4, -0.2) is 43.5 Å². The number of aryl methyl sites for hydroxylation is 2. The fourth-order valence-electron chi connectivity index (χ4n) is 2.39. The first-order valence-corrected chi connectivity index (χ1v) is 8.84. The summed E-state index contributed by atoms with van der Waals surface area (Å²) in [4.78, 5) is 25.8. The molecule has 2 amide bonds. The Morgan fingerprint density at radius 2 is 1.78 bits per heavy atom. The molecule has 27 heavy (non-hydrogen) atoms. The van der Waals surface area contributed by atoms with E-state index in [2.05, 4.69) is 10.6 Å². The van der Waals surface area contributed by atoms with Crippen LogP contribution in [0.3, 0.4) is 0 Å². The van der Waals surface area contributed by atoms with E-state index >= 15 is 0 Å². The van der Waals surface area contributed by atoms with Gasteiger partial charge in [-0.05, 0) is 50.1 Å². The van der Waals surface area contributed by atoms with Crippen LogP contribution in [0.2, 0.25) is 0 Å². The summed E-state index contributed by atoms with van der Waals surface area (Å²) in [7, 11) is 3.36. The Morgan fingerprint density at radius 3 is 2.44 bits per heavy atom. The first-order valence-electron chi connectivity index (χ1n) is 8.84. The predicted molar refractivity (Wildman–Crippen MR) is 108 cm³/mol. The van der Waals surface area contributed by atoms with Crippen molar-refractivity contribution in [3.05, 3.63) is 53.6 Å². The molecule has 0 bridgehead atoms. The van der Waals surface area contributed by atoms with Gasteiger partial charge in [0.05, 0.1) is 5.69 Å². The van der Waals surface area contributed by atoms with Crippen LogP contribution in [0.5, 0.6) is 5.75 Å². The summed E-state index contributed by atoms with van der Waals surface area (Å²) in [5.41, 5.74) is 3.46. The van der Waals surface area contributed by atoms with Gasteiger partial charge in [-0.2, -0.15) is 0 Å². The molecule has 0 radical (unpaired) electrons. The molecule has 0 unspecified atom stereocenters. The largest absolute Gasteiger partial charge is 0.482 e. The van der Waals surface area contributed by atoms with Crippen molar-refractivity contribution in [2.24, 2.45) is 0 Å². The molecule has 0 aromatic heterocycles. The highest BCUT2D eigenvalue weighted by Crippen LogP contribution is 2.27. The zero-order valence-corrected chi connectivity index (χ0v) is 16.5. The highest BCUT2D eigenvalue weighted by atomic mass is 16.5. The molecular weight excluding hydrogens is 342 g/mol. The van der Waals surface area contributed by atoms with E-state index in [-0.39, 0.29) is 18.4 Å². The van der Waals surface area contributed by atoms with Gasteiger partial charge >= 0.3 is 0 Å². The Bertz CT molecular complexity index is 818. The van der Waals surface area contributed by atoms with Gasteiger partial charge in [0.1, 0.15) is 11.8 Å². The van der Waals surface area contributed by atoms with Gasteiger partial charge in [0.2, 0.25) is 5.91 Å². The predicted octanol–water partition coefficient (Wildman–Crippen LogP) is 3.21. The minimum Gasteiger partial charge on any atom is -0.482 e. The Hall–Kier alpha value is -3.02. The molecular formula is C21H27N3O3. The quantitative estimate of drug-likeness (QED) is 0.786. The summed E-state index contributed by atoms with van der Waals surface area (Å²) in [5, 5.41) is 6.09. The van der Waals surface area contributed by atoms with Crippen molar-refractivity contribution in [3.63, 3.8) is 0 Å². The third-order valence-electron chi connectivity index (χ3n) is 4.16. The molecule has 2 rings (SSSR count). The molecule has 6 nitrogen and oxygen atoms in total. The van der Waals surface area contributed by atoms with E-state index in [1.165, 1.54) is 4.90 Å². The first kappa shape index (κ1) is 20.3. The van der Waals surface area contributed by atoms with E-state index < -0.39 is 6.04 Å². The van der Waals surface area contributed by atoms with Crippen molar-refractivity contribution < 1.29 is 14.3 Å². The summed E-state index contributed by atoms with van der Waals surface area (Å²) in [5.74, 6) is 0.258. The van der Waals surface area contributed by atoms with Crippen molar-refractivity contribution in [1.82, 2.24) is 4.90 Å². The average Bonchev–Trinajstić information content (AvgIpc) is 2.63. The van der Waals surface area contributed by atoms with Crippen molar-refractivity contribution in [3.8, 4) is 5.75 Å². The van der Waals surface area contributed by atoms with Crippen LogP contribution in [0.15, 0.2) is 42.5 Å². The van der Waals surface area contributed by atoms with Crippen LogP contribution in [0.4, 0.5) is 11.4 Å². The Balaban J connectivity index is 2.08. The number of nitrogens with one attached hydrogen (secondary N) is 2. The Kier molecular flexibility index (Phi) is 6.82. The van der Waals surface area contributed by atoms with Crippen molar-refractivity contribution in [1.29, 1.82) is 0 Å². The van der Waals surface area contributed by atoms with Gasteiger partial charge in [0, 0.05) is 19.8 Å². The number of benzene rings is 2. The molecule has 0 aliphatic carbocycles. The fraction of sp³-hybridized carbons (Fsp3) is 0.333. The number of hydrogen-bond donors (Lipinski definition) is 2. The first-order chi connectivity index (χ1) is 12.8. The molecule has 144 valence electrons. The van der Waals surface area contributed by atoms with Gasteiger partial charge < -0.3 is 20.3 Å². The standard InChI is InChI=1S/C21H27N3O3/c1-14-10-11-18(19(12-14)27-13-20(25)24(4)5)22-16(3)21(26)23-17-9-7-6-8-15(17)2/h6-12,16,22H,13H2,1-5H3,(H,23,26)/t16-/m0/s1. The zero-order chi connectivity index (χ0) is 20.0. The Labute approximate surface area is 160 Å². The summed E-state index contributed by atoms with van der Waals surface area (Å²) in [6.07, 6.45) is 0. The molecule has 2 aromatic rings. The number of likely N-dealkylation sites (N-methyl/N-ethyl adjacent to an activating group) is 1. The lowest BCUT2D eigenvalue weighted by atomic mass is 10.1. The molecule has 2 N–H and O–H groups in total. The lowest BCUT2D eigenvalue weighted by molar-refractivity contribution is -0.130. The normalized spacial score (nSPS) is 11.4. The van der Waals surface area contributed by atoms with Gasteiger partial charge in [-0.25, -0.2) is 0 Å². The van der Waals surface area contributed by atoms with Crippen molar-refractivity contribution in [2.75, 3.05) is 31.3 Å². The number of para-hydroxylation sites is 1. The lowest BCUT2D eigenvalue weighted by Gasteiger charge is -2.19. The second kappa shape index (κ2) is 9.07. The third kappa shape index (κ3) is 5.74. The van der Waals surface area contributed by atoms with Crippen molar-refractivity contribution >= 4 is 23.2 Å². The highest BCUT2D eigenvalue weighted by molar-refractivity contribution is 5.97. The van der Waals surface area contributed by atoms with Crippen LogP contribution < -0.4 is 15.4 Å². The highest BCUT2D eigenvalue weighted by Gasteiger charge is 2.16. The smallest absolute Gasteiger partial charge is 0.259 e. The molecule has 0 heterocycles. The monoisotopic (exact) mass is 369 g/mol. The number of rotatable bonds is 7. The summed E-state index contributed by atoms with van der Waals surface area (Å²) < 4.78 is 5.67. The van der Waals surface area contributed by atoms with Crippen LogP contribution in [0, 0.1) is 13.8 Å². The van der Waals surface area contributed by atoms with E-state index in [0.717, 1.165) is 16.8 Å². The SMILES string of the molecule is Cc1ccc(N[C@@H](C)C(=O)Nc2ccccc2C)c(OCC(=O)N(C)C)c1. The summed E-state index contributed by atoms with van der Waals surface area (Å²) >= 11 is 0. The lowest BCUT2D eigenvalue weighted by Crippen LogP contribution is -2.32. The van der Waals surface area contributed by atoms with E-state index in [4.69, 9.17) is 4.74 Å². The number of carbonyl (C=O) groups is 2. The van der Waals surface area contributed by atoms with Gasteiger partial charge in [-0.15, -0.1) is 0 Å². The molecule has 0 spiro atoms. The number of carbonyl (C=O) groups excluding carboxylic acids is 2. The van der Waals surface area contributed by atoms with Gasteiger partial charge in [0.25, 0.3) is 5.91 Å². The number of amides is 2. The number of ether oxygens (including phenoxy) is 1. The van der Waals surface area contributed by atoms with Crippen LogP contribution in [0.1, 0.15) is 18.1 Å². The van der Waals surface area contributed by atoms with E-state index in [0.29, 0.717) is 11.4 Å².